The summed E-state index contributed by atoms with van der Waals surface area (Å²) in [5.41, 5.74) is 1.76. The van der Waals surface area contributed by atoms with Crippen molar-refractivity contribution in [3.8, 4) is 0 Å². The van der Waals surface area contributed by atoms with E-state index in [1.165, 1.54) is 12.0 Å². The van der Waals surface area contributed by atoms with Crippen molar-refractivity contribution in [2.45, 2.75) is 25.7 Å². The van der Waals surface area contributed by atoms with Crippen LogP contribution in [0.25, 0.3) is 0 Å². The molecule has 0 saturated carbocycles. The maximum Gasteiger partial charge on any atom is 0.0585 e. The van der Waals surface area contributed by atoms with Crippen molar-refractivity contribution in [1.29, 1.82) is 0 Å². The molecule has 1 fully saturated rings. The van der Waals surface area contributed by atoms with Crippen LogP contribution in [-0.4, -0.2) is 13.2 Å². The van der Waals surface area contributed by atoms with E-state index in [1.54, 1.807) is 0 Å². The van der Waals surface area contributed by atoms with Gasteiger partial charge in [-0.15, -0.1) is 0 Å². The van der Waals surface area contributed by atoms with Crippen molar-refractivity contribution in [2.75, 3.05) is 13.2 Å². The summed E-state index contributed by atoms with van der Waals surface area (Å²) in [7, 11) is 0. The van der Waals surface area contributed by atoms with Crippen LogP contribution in [0.5, 0.6) is 0 Å². The Morgan fingerprint density at radius 3 is 2.29 bits per heavy atom. The Morgan fingerprint density at radius 2 is 1.86 bits per heavy atom. The summed E-state index contributed by atoms with van der Waals surface area (Å²) in [6.45, 7) is 6.36. The molecule has 0 spiro atoms. The summed E-state index contributed by atoms with van der Waals surface area (Å²) in [4.78, 5) is 0. The van der Waals surface area contributed by atoms with E-state index < -0.39 is 0 Å². The summed E-state index contributed by atoms with van der Waals surface area (Å²) in [5, 5.41) is 0. The van der Waals surface area contributed by atoms with E-state index in [4.69, 9.17) is 4.74 Å². The topological polar surface area (TPSA) is 9.23 Å². The zero-order chi connectivity index (χ0) is 10.0. The normalized spacial score (nSPS) is 19.4. The quantitative estimate of drug-likeness (QED) is 0.712. The molecule has 1 heteroatoms. The van der Waals surface area contributed by atoms with E-state index in [0.29, 0.717) is 5.41 Å². The van der Waals surface area contributed by atoms with Crippen molar-refractivity contribution in [1.82, 2.24) is 0 Å². The molecule has 1 aromatic rings. The van der Waals surface area contributed by atoms with Crippen LogP contribution in [0, 0.1) is 5.92 Å². The van der Waals surface area contributed by atoms with Crippen molar-refractivity contribution in [2.24, 2.45) is 5.92 Å². The first-order valence-electron chi connectivity index (χ1n) is 5.36. The van der Waals surface area contributed by atoms with Crippen LogP contribution in [0.15, 0.2) is 30.3 Å². The van der Waals surface area contributed by atoms with E-state index in [2.05, 4.69) is 44.2 Å². The van der Waals surface area contributed by atoms with Crippen LogP contribution in [0.3, 0.4) is 0 Å². The molecule has 0 atom stereocenters. The third kappa shape index (κ3) is 1.69. The van der Waals surface area contributed by atoms with E-state index >= 15 is 0 Å². The average Bonchev–Trinajstić information content (AvgIpc) is 2.12. The maximum absolute atomic E-state index is 5.39. The molecule has 1 aliphatic heterocycles. The van der Waals surface area contributed by atoms with Crippen molar-refractivity contribution in [3.05, 3.63) is 35.9 Å². The molecule has 76 valence electrons. The molecular weight excluding hydrogens is 172 g/mol. The summed E-state index contributed by atoms with van der Waals surface area (Å²) in [6, 6.07) is 10.8. The van der Waals surface area contributed by atoms with Gasteiger partial charge in [0, 0.05) is 5.41 Å². The molecule has 1 saturated heterocycles. The van der Waals surface area contributed by atoms with Crippen LogP contribution in [0.4, 0.5) is 0 Å². The lowest BCUT2D eigenvalue weighted by Gasteiger charge is -2.43. The fourth-order valence-electron chi connectivity index (χ4n) is 2.32. The van der Waals surface area contributed by atoms with E-state index in [1.807, 2.05) is 0 Å². The Bertz CT molecular complexity index is 285. The highest BCUT2D eigenvalue weighted by molar-refractivity contribution is 5.27. The van der Waals surface area contributed by atoms with Crippen molar-refractivity contribution in [3.63, 3.8) is 0 Å². The molecule has 1 heterocycles. The summed E-state index contributed by atoms with van der Waals surface area (Å²) < 4.78 is 5.39. The molecule has 0 bridgehead atoms. The second-order valence-electron chi connectivity index (χ2n) is 4.74. The molecular formula is C13H18O. The van der Waals surface area contributed by atoms with E-state index in [-0.39, 0.29) is 0 Å². The first-order valence-corrected chi connectivity index (χ1v) is 5.36. The summed E-state index contributed by atoms with van der Waals surface area (Å²) in [5.74, 6) is 0.735. The van der Waals surface area contributed by atoms with Crippen LogP contribution < -0.4 is 0 Å². The second kappa shape index (κ2) is 3.74. The van der Waals surface area contributed by atoms with Gasteiger partial charge in [-0.05, 0) is 17.9 Å². The predicted molar refractivity (Wildman–Crippen MR) is 58.4 cm³/mol. The Kier molecular flexibility index (Phi) is 2.60. The molecule has 2 rings (SSSR count). The number of benzene rings is 1. The summed E-state index contributed by atoms with van der Waals surface area (Å²) >= 11 is 0. The lowest BCUT2D eigenvalue weighted by atomic mass is 9.73. The first kappa shape index (κ1) is 9.72. The van der Waals surface area contributed by atoms with Gasteiger partial charge < -0.3 is 4.74 Å². The fourth-order valence-corrected chi connectivity index (χ4v) is 2.32. The zero-order valence-corrected chi connectivity index (χ0v) is 8.99. The highest BCUT2D eigenvalue weighted by atomic mass is 16.5. The highest BCUT2D eigenvalue weighted by Gasteiger charge is 2.40. The molecule has 0 unspecified atom stereocenters. The molecule has 0 radical (unpaired) electrons. The van der Waals surface area contributed by atoms with Gasteiger partial charge in [0.2, 0.25) is 0 Å². The highest BCUT2D eigenvalue weighted by Crippen LogP contribution is 2.37. The van der Waals surface area contributed by atoms with Gasteiger partial charge in [0.25, 0.3) is 0 Å². The lowest BCUT2D eigenvalue weighted by Crippen LogP contribution is -2.47. The van der Waals surface area contributed by atoms with Gasteiger partial charge in [-0.2, -0.15) is 0 Å². The van der Waals surface area contributed by atoms with Gasteiger partial charge in [-0.1, -0.05) is 44.2 Å². The SMILES string of the molecule is CC(C)CC1(c2ccccc2)COC1. The van der Waals surface area contributed by atoms with Gasteiger partial charge in [0.05, 0.1) is 13.2 Å². The van der Waals surface area contributed by atoms with Gasteiger partial charge in [0.15, 0.2) is 0 Å². The Balaban J connectivity index is 2.20. The van der Waals surface area contributed by atoms with Crippen molar-refractivity contribution < 1.29 is 4.74 Å². The van der Waals surface area contributed by atoms with Gasteiger partial charge in [-0.3, -0.25) is 0 Å². The minimum atomic E-state index is 0.315. The monoisotopic (exact) mass is 190 g/mol. The molecule has 0 aliphatic carbocycles. The Morgan fingerprint density at radius 1 is 1.21 bits per heavy atom. The third-order valence-corrected chi connectivity index (χ3v) is 2.94. The van der Waals surface area contributed by atoms with Crippen LogP contribution in [0.1, 0.15) is 25.8 Å². The first-order chi connectivity index (χ1) is 6.73. The number of rotatable bonds is 3. The van der Waals surface area contributed by atoms with Crippen LogP contribution >= 0.6 is 0 Å². The lowest BCUT2D eigenvalue weighted by molar-refractivity contribution is -0.0697. The Labute approximate surface area is 86.1 Å². The van der Waals surface area contributed by atoms with Crippen molar-refractivity contribution >= 4 is 0 Å². The van der Waals surface area contributed by atoms with Gasteiger partial charge in [-0.25, -0.2) is 0 Å². The zero-order valence-electron chi connectivity index (χ0n) is 8.99. The molecule has 1 aromatic carbocycles. The fraction of sp³-hybridized carbons (Fsp3) is 0.538. The summed E-state index contributed by atoms with van der Waals surface area (Å²) in [6.07, 6.45) is 1.23. The molecule has 0 amide bonds. The average molecular weight is 190 g/mol. The van der Waals surface area contributed by atoms with Crippen LogP contribution in [-0.2, 0) is 10.2 Å². The smallest absolute Gasteiger partial charge is 0.0585 e. The van der Waals surface area contributed by atoms with Gasteiger partial charge in [0.1, 0.15) is 0 Å². The standard InChI is InChI=1S/C13H18O/c1-11(2)8-13(9-14-10-13)12-6-4-3-5-7-12/h3-7,11H,8-10H2,1-2H3. The van der Waals surface area contributed by atoms with E-state index in [0.717, 1.165) is 19.1 Å². The third-order valence-electron chi connectivity index (χ3n) is 2.94. The second-order valence-corrected chi connectivity index (χ2v) is 4.74. The van der Waals surface area contributed by atoms with Crippen LogP contribution in [0.2, 0.25) is 0 Å². The molecule has 1 nitrogen and oxygen atoms in total. The Hall–Kier alpha value is -0.820. The molecule has 14 heavy (non-hydrogen) atoms. The van der Waals surface area contributed by atoms with Gasteiger partial charge >= 0.3 is 0 Å². The van der Waals surface area contributed by atoms with E-state index in [9.17, 15) is 0 Å². The number of ether oxygens (including phenoxy) is 1. The molecule has 0 aromatic heterocycles. The number of hydrogen-bond donors (Lipinski definition) is 0. The maximum atomic E-state index is 5.39. The molecule has 0 N–H and O–H groups in total. The minimum absolute atomic E-state index is 0.315. The largest absolute Gasteiger partial charge is 0.379 e. The number of hydrogen-bond acceptors (Lipinski definition) is 1. The minimum Gasteiger partial charge on any atom is -0.379 e. The molecule has 1 aliphatic rings. The predicted octanol–water partition coefficient (Wildman–Crippen LogP) is 3.00.